The standard InChI is InChI=1S/C14H17Cl2NO/c1-9-6-11(3-5-13(9)16)14(18)17-8-10-2-4-12(15)7-10/h3,5-6,10,12H,2,4,7-8H2,1H3,(H,17,18). The Morgan fingerprint density at radius 2 is 2.22 bits per heavy atom. The molecular formula is C14H17Cl2NO. The molecule has 0 heterocycles. The number of carbonyl (C=O) groups excluding carboxylic acids is 1. The van der Waals surface area contributed by atoms with Crippen LogP contribution in [0.1, 0.15) is 35.2 Å². The lowest BCUT2D eigenvalue weighted by Crippen LogP contribution is -2.28. The summed E-state index contributed by atoms with van der Waals surface area (Å²) in [5.41, 5.74) is 1.59. The number of rotatable bonds is 3. The van der Waals surface area contributed by atoms with Gasteiger partial charge in [-0.2, -0.15) is 0 Å². The summed E-state index contributed by atoms with van der Waals surface area (Å²) in [7, 11) is 0. The maximum atomic E-state index is 12.0. The van der Waals surface area contributed by atoms with Crippen LogP contribution in [-0.4, -0.2) is 17.8 Å². The molecule has 18 heavy (non-hydrogen) atoms. The molecule has 0 saturated heterocycles. The van der Waals surface area contributed by atoms with Gasteiger partial charge in [-0.3, -0.25) is 4.79 Å². The van der Waals surface area contributed by atoms with Gasteiger partial charge >= 0.3 is 0 Å². The monoisotopic (exact) mass is 285 g/mol. The molecule has 0 aliphatic heterocycles. The number of halogens is 2. The van der Waals surface area contributed by atoms with E-state index in [1.165, 1.54) is 0 Å². The Morgan fingerprint density at radius 1 is 1.44 bits per heavy atom. The van der Waals surface area contributed by atoms with Gasteiger partial charge in [-0.1, -0.05) is 11.6 Å². The molecule has 2 unspecified atom stereocenters. The Labute approximate surface area is 118 Å². The molecule has 1 amide bonds. The highest BCUT2D eigenvalue weighted by Gasteiger charge is 2.23. The molecule has 1 aromatic rings. The van der Waals surface area contributed by atoms with Gasteiger partial charge in [0.2, 0.25) is 0 Å². The second-order valence-corrected chi connectivity index (χ2v) is 5.97. The number of hydrogen-bond donors (Lipinski definition) is 1. The van der Waals surface area contributed by atoms with Crippen molar-refractivity contribution in [2.45, 2.75) is 31.6 Å². The van der Waals surface area contributed by atoms with E-state index in [0.717, 1.165) is 24.8 Å². The van der Waals surface area contributed by atoms with E-state index >= 15 is 0 Å². The van der Waals surface area contributed by atoms with Gasteiger partial charge in [-0.15, -0.1) is 11.6 Å². The minimum Gasteiger partial charge on any atom is -0.352 e. The van der Waals surface area contributed by atoms with Gasteiger partial charge < -0.3 is 5.32 Å². The summed E-state index contributed by atoms with van der Waals surface area (Å²) in [6.45, 7) is 2.61. The summed E-state index contributed by atoms with van der Waals surface area (Å²) in [4.78, 5) is 12.0. The molecular weight excluding hydrogens is 269 g/mol. The van der Waals surface area contributed by atoms with Crippen LogP contribution in [-0.2, 0) is 0 Å². The number of benzene rings is 1. The van der Waals surface area contributed by atoms with Gasteiger partial charge in [-0.25, -0.2) is 0 Å². The number of alkyl halides is 1. The van der Waals surface area contributed by atoms with Crippen LogP contribution in [0.4, 0.5) is 0 Å². The summed E-state index contributed by atoms with van der Waals surface area (Å²) in [6, 6.07) is 5.33. The lowest BCUT2D eigenvalue weighted by Gasteiger charge is -2.11. The van der Waals surface area contributed by atoms with E-state index in [4.69, 9.17) is 23.2 Å². The van der Waals surface area contributed by atoms with Crippen LogP contribution in [0.2, 0.25) is 5.02 Å². The normalized spacial score (nSPS) is 23.1. The van der Waals surface area contributed by atoms with E-state index in [1.54, 1.807) is 12.1 Å². The van der Waals surface area contributed by atoms with E-state index in [2.05, 4.69) is 5.32 Å². The lowest BCUT2D eigenvalue weighted by atomic mass is 10.1. The predicted molar refractivity (Wildman–Crippen MR) is 75.5 cm³/mol. The van der Waals surface area contributed by atoms with Crippen LogP contribution in [0.5, 0.6) is 0 Å². The van der Waals surface area contributed by atoms with Crippen LogP contribution in [0, 0.1) is 12.8 Å². The van der Waals surface area contributed by atoms with E-state index in [-0.39, 0.29) is 11.3 Å². The van der Waals surface area contributed by atoms with Crippen molar-refractivity contribution in [1.82, 2.24) is 5.32 Å². The Kier molecular flexibility index (Phi) is 4.52. The van der Waals surface area contributed by atoms with Gasteiger partial charge in [-0.05, 0) is 55.9 Å². The highest BCUT2D eigenvalue weighted by molar-refractivity contribution is 6.31. The zero-order valence-electron chi connectivity index (χ0n) is 10.4. The summed E-state index contributed by atoms with van der Waals surface area (Å²) in [6.07, 6.45) is 3.16. The predicted octanol–water partition coefficient (Wildman–Crippen LogP) is 3.79. The average Bonchev–Trinajstić information content (AvgIpc) is 2.75. The van der Waals surface area contributed by atoms with E-state index in [1.807, 2.05) is 13.0 Å². The van der Waals surface area contributed by atoms with E-state index in [9.17, 15) is 4.79 Å². The van der Waals surface area contributed by atoms with Crippen LogP contribution in [0.25, 0.3) is 0 Å². The number of aryl methyl sites for hydroxylation is 1. The molecule has 2 atom stereocenters. The Morgan fingerprint density at radius 3 is 2.83 bits per heavy atom. The van der Waals surface area contributed by atoms with Crippen molar-refractivity contribution in [3.8, 4) is 0 Å². The maximum Gasteiger partial charge on any atom is 0.251 e. The Hall–Kier alpha value is -0.730. The topological polar surface area (TPSA) is 29.1 Å². The second-order valence-electron chi connectivity index (χ2n) is 4.95. The fourth-order valence-electron chi connectivity index (χ4n) is 2.32. The molecule has 0 radical (unpaired) electrons. The molecule has 1 aromatic carbocycles. The first kappa shape index (κ1) is 13.7. The minimum atomic E-state index is -0.0345. The molecule has 0 bridgehead atoms. The molecule has 1 N–H and O–H groups in total. The Bertz CT molecular complexity index is 447. The third kappa shape index (κ3) is 3.39. The maximum absolute atomic E-state index is 12.0. The largest absolute Gasteiger partial charge is 0.352 e. The summed E-state index contributed by atoms with van der Waals surface area (Å²) in [5.74, 6) is 0.484. The quantitative estimate of drug-likeness (QED) is 0.842. The molecule has 98 valence electrons. The van der Waals surface area contributed by atoms with Gasteiger partial charge in [0.1, 0.15) is 0 Å². The highest BCUT2D eigenvalue weighted by Crippen LogP contribution is 2.28. The fraction of sp³-hybridized carbons (Fsp3) is 0.500. The average molecular weight is 286 g/mol. The van der Waals surface area contributed by atoms with Gasteiger partial charge in [0.15, 0.2) is 0 Å². The van der Waals surface area contributed by atoms with Crippen molar-refractivity contribution in [3.63, 3.8) is 0 Å². The molecule has 1 aliphatic rings. The smallest absolute Gasteiger partial charge is 0.251 e. The summed E-state index contributed by atoms with van der Waals surface area (Å²) < 4.78 is 0. The van der Waals surface area contributed by atoms with E-state index in [0.29, 0.717) is 23.0 Å². The van der Waals surface area contributed by atoms with Crippen molar-refractivity contribution < 1.29 is 4.79 Å². The van der Waals surface area contributed by atoms with Crippen LogP contribution < -0.4 is 5.32 Å². The van der Waals surface area contributed by atoms with Crippen molar-refractivity contribution in [2.24, 2.45) is 5.92 Å². The van der Waals surface area contributed by atoms with E-state index < -0.39 is 0 Å². The van der Waals surface area contributed by atoms with Crippen molar-refractivity contribution in [3.05, 3.63) is 34.3 Å². The first-order valence-corrected chi connectivity index (χ1v) is 7.06. The Balaban J connectivity index is 1.89. The third-order valence-corrected chi connectivity index (χ3v) is 4.27. The van der Waals surface area contributed by atoms with Gasteiger partial charge in [0.05, 0.1) is 0 Å². The van der Waals surface area contributed by atoms with Crippen molar-refractivity contribution >= 4 is 29.1 Å². The molecule has 2 rings (SSSR count). The molecule has 1 fully saturated rings. The van der Waals surface area contributed by atoms with Crippen LogP contribution >= 0.6 is 23.2 Å². The van der Waals surface area contributed by atoms with Crippen LogP contribution in [0.3, 0.4) is 0 Å². The zero-order chi connectivity index (χ0) is 13.1. The SMILES string of the molecule is Cc1cc(C(=O)NCC2CCC(Cl)C2)ccc1Cl. The number of amides is 1. The van der Waals surface area contributed by atoms with Crippen molar-refractivity contribution in [1.29, 1.82) is 0 Å². The van der Waals surface area contributed by atoms with Gasteiger partial charge in [0.25, 0.3) is 5.91 Å². The second kappa shape index (κ2) is 5.94. The molecule has 2 nitrogen and oxygen atoms in total. The number of nitrogens with one attached hydrogen (secondary N) is 1. The minimum absolute atomic E-state index is 0.0345. The number of hydrogen-bond acceptors (Lipinski definition) is 1. The van der Waals surface area contributed by atoms with Gasteiger partial charge in [0, 0.05) is 22.5 Å². The lowest BCUT2D eigenvalue weighted by molar-refractivity contribution is 0.0947. The highest BCUT2D eigenvalue weighted by atomic mass is 35.5. The van der Waals surface area contributed by atoms with Crippen molar-refractivity contribution in [2.75, 3.05) is 6.54 Å². The third-order valence-electron chi connectivity index (χ3n) is 3.45. The molecule has 4 heteroatoms. The first-order chi connectivity index (χ1) is 8.56. The molecule has 0 aromatic heterocycles. The molecule has 1 saturated carbocycles. The molecule has 0 spiro atoms. The molecule has 1 aliphatic carbocycles. The summed E-state index contributed by atoms with van der Waals surface area (Å²) in [5, 5.41) is 3.94. The summed E-state index contributed by atoms with van der Waals surface area (Å²) >= 11 is 12.0. The number of carbonyl (C=O) groups is 1. The first-order valence-electron chi connectivity index (χ1n) is 6.24. The zero-order valence-corrected chi connectivity index (χ0v) is 11.9. The fourth-order valence-corrected chi connectivity index (χ4v) is 2.82. The van der Waals surface area contributed by atoms with Crippen LogP contribution in [0.15, 0.2) is 18.2 Å².